The number of carboxylic acid groups (broad SMARTS) is 1. The molecule has 0 radical (unpaired) electrons. The molecule has 0 aromatic carbocycles. The van der Waals surface area contributed by atoms with E-state index < -0.39 is 10.0 Å². The van der Waals surface area contributed by atoms with Gasteiger partial charge in [-0.2, -0.15) is 9.40 Å². The molecule has 0 aliphatic carbocycles. The maximum Gasteiger partial charge on any atom is 0.290 e. The quantitative estimate of drug-likeness (QED) is 0.549. The Kier molecular flexibility index (Phi) is 7.21. The Hall–Kier alpha value is -1.79. The minimum Gasteiger partial charge on any atom is -0.483 e. The monoisotopic (exact) mass is 470 g/mol. The van der Waals surface area contributed by atoms with Crippen LogP contribution in [0.15, 0.2) is 17.0 Å². The van der Waals surface area contributed by atoms with E-state index in [4.69, 9.17) is 9.90 Å². The Labute approximate surface area is 186 Å². The number of H-pyrrole nitrogens is 1. The van der Waals surface area contributed by atoms with Crippen LogP contribution < -0.4 is 0 Å². The van der Waals surface area contributed by atoms with Crippen LogP contribution in [0.5, 0.6) is 0 Å². The summed E-state index contributed by atoms with van der Waals surface area (Å²) in [5, 5.41) is 24.2. The number of hydrogen-bond acceptors (Lipinski definition) is 7. The van der Waals surface area contributed by atoms with Crippen molar-refractivity contribution in [3.8, 4) is 10.6 Å². The number of carbonyl (C=O) groups is 1. The number of fused-ring (bicyclic) bond motifs is 1. The number of aliphatic hydroxyl groups excluding tert-OH is 1. The molecule has 3 N–H and O–H groups in total. The predicted molar refractivity (Wildman–Crippen MR) is 119 cm³/mol. The van der Waals surface area contributed by atoms with Gasteiger partial charge < -0.3 is 15.1 Å². The summed E-state index contributed by atoms with van der Waals surface area (Å²) in [6.45, 7) is 9.21. The van der Waals surface area contributed by atoms with Gasteiger partial charge in [0.15, 0.2) is 0 Å². The maximum atomic E-state index is 13.4. The van der Waals surface area contributed by atoms with E-state index in [0.29, 0.717) is 18.0 Å². The molecule has 9 nitrogen and oxygen atoms in total. The molecular formula is C20H30N4O5S2. The summed E-state index contributed by atoms with van der Waals surface area (Å²) in [5.74, 6) is 0.186. The van der Waals surface area contributed by atoms with E-state index in [0.717, 1.165) is 47.2 Å². The molecular weight excluding hydrogens is 440 g/mol. The number of thiophene rings is 1. The average molecular weight is 471 g/mol. The summed E-state index contributed by atoms with van der Waals surface area (Å²) < 4.78 is 28.4. The van der Waals surface area contributed by atoms with Crippen molar-refractivity contribution in [1.82, 2.24) is 19.4 Å². The Bertz CT molecular complexity index is 1020. The molecule has 0 bridgehead atoms. The number of nitrogens with zero attached hydrogens (tertiary/aromatic N) is 3. The Morgan fingerprint density at radius 1 is 1.32 bits per heavy atom. The molecule has 2 saturated heterocycles. The van der Waals surface area contributed by atoms with Gasteiger partial charge in [0.25, 0.3) is 6.47 Å². The average Bonchev–Trinajstić information content (AvgIpc) is 3.45. The van der Waals surface area contributed by atoms with Crippen LogP contribution in [0.1, 0.15) is 23.9 Å². The van der Waals surface area contributed by atoms with Crippen molar-refractivity contribution in [2.45, 2.75) is 32.1 Å². The van der Waals surface area contributed by atoms with Crippen LogP contribution in [0.4, 0.5) is 0 Å². The van der Waals surface area contributed by atoms with E-state index in [1.807, 2.05) is 19.9 Å². The molecule has 31 heavy (non-hydrogen) atoms. The summed E-state index contributed by atoms with van der Waals surface area (Å²) >= 11 is 1.45. The van der Waals surface area contributed by atoms with E-state index in [1.165, 1.54) is 11.3 Å². The van der Waals surface area contributed by atoms with Crippen LogP contribution >= 0.6 is 11.3 Å². The van der Waals surface area contributed by atoms with E-state index in [9.17, 15) is 13.5 Å². The van der Waals surface area contributed by atoms with Crippen molar-refractivity contribution in [3.63, 3.8) is 0 Å². The fourth-order valence-corrected chi connectivity index (χ4v) is 7.77. The molecule has 2 atom stereocenters. The first kappa shape index (κ1) is 23.9. The third-order valence-electron chi connectivity index (χ3n) is 6.10. The number of aromatic amines is 1. The van der Waals surface area contributed by atoms with Crippen molar-refractivity contribution in [1.29, 1.82) is 0 Å². The fraction of sp³-hybridized carbons (Fsp3) is 0.600. The first-order chi connectivity index (χ1) is 14.7. The first-order valence-electron chi connectivity index (χ1n) is 10.2. The van der Waals surface area contributed by atoms with Gasteiger partial charge in [-0.1, -0.05) is 6.92 Å². The van der Waals surface area contributed by atoms with Gasteiger partial charge in [0.05, 0.1) is 16.4 Å². The van der Waals surface area contributed by atoms with Crippen LogP contribution in [0.25, 0.3) is 10.6 Å². The zero-order valence-corrected chi connectivity index (χ0v) is 19.7. The van der Waals surface area contributed by atoms with Gasteiger partial charge >= 0.3 is 0 Å². The zero-order chi connectivity index (χ0) is 22.8. The van der Waals surface area contributed by atoms with Crippen molar-refractivity contribution in [2.24, 2.45) is 11.3 Å². The molecule has 172 valence electrons. The second-order valence-corrected chi connectivity index (χ2v) is 11.5. The van der Waals surface area contributed by atoms with Gasteiger partial charge in [-0.25, -0.2) is 8.42 Å². The van der Waals surface area contributed by atoms with Crippen LogP contribution in [0.2, 0.25) is 0 Å². The summed E-state index contributed by atoms with van der Waals surface area (Å²) in [4.78, 5) is 12.7. The van der Waals surface area contributed by atoms with E-state index in [2.05, 4.69) is 22.0 Å². The fourth-order valence-electron chi connectivity index (χ4n) is 4.67. The molecule has 11 heteroatoms. The number of aliphatic hydroxyl groups is 1. The number of aromatic nitrogens is 2. The van der Waals surface area contributed by atoms with Crippen LogP contribution in [0.3, 0.4) is 0 Å². The number of aryl methyl sites for hydroxylation is 2. The standard InChI is InChI=1S/C19H28N4O3S2.CH2O2/c1-4-5-22-8-15-9-23(11-19(15,10-22)12-24)28(25,26)18-7-17(27-14(18)3)16-6-13(2)20-21-16;2-1-3/h6-7,15,24H,4-5,8-12H2,1-3H3,(H,20,21);1H,(H,2,3). The Morgan fingerprint density at radius 2 is 2.03 bits per heavy atom. The van der Waals surface area contributed by atoms with E-state index >= 15 is 0 Å². The van der Waals surface area contributed by atoms with Crippen molar-refractivity contribution in [3.05, 3.63) is 22.7 Å². The molecule has 2 aliphatic rings. The molecule has 2 aromatic heterocycles. The second kappa shape index (κ2) is 9.37. The minimum atomic E-state index is -3.59. The lowest BCUT2D eigenvalue weighted by atomic mass is 9.82. The van der Waals surface area contributed by atoms with Gasteiger partial charge in [-0.15, -0.1) is 11.3 Å². The number of likely N-dealkylation sites (tertiary alicyclic amines) is 1. The van der Waals surface area contributed by atoms with Gasteiger partial charge in [0.1, 0.15) is 5.69 Å². The van der Waals surface area contributed by atoms with Crippen LogP contribution in [-0.2, 0) is 14.8 Å². The molecule has 0 saturated carbocycles. The van der Waals surface area contributed by atoms with Crippen molar-refractivity contribution in [2.75, 3.05) is 39.3 Å². The normalized spacial score (nSPS) is 24.1. The lowest BCUT2D eigenvalue weighted by molar-refractivity contribution is -0.122. The molecule has 4 rings (SSSR count). The van der Waals surface area contributed by atoms with E-state index in [1.54, 1.807) is 10.4 Å². The molecule has 2 unspecified atom stereocenters. The van der Waals surface area contributed by atoms with Crippen molar-refractivity contribution >= 4 is 27.8 Å². The maximum absolute atomic E-state index is 13.4. The first-order valence-corrected chi connectivity index (χ1v) is 12.5. The van der Waals surface area contributed by atoms with E-state index in [-0.39, 0.29) is 24.4 Å². The molecule has 4 heterocycles. The predicted octanol–water partition coefficient (Wildman–Crippen LogP) is 1.78. The largest absolute Gasteiger partial charge is 0.483 e. The molecule has 2 fully saturated rings. The molecule has 0 spiro atoms. The SMILES string of the molecule is CCCN1CC2CN(S(=O)(=O)c3cc(-c4cc(C)[nH]n4)sc3C)CC2(CO)C1.O=CO. The number of rotatable bonds is 6. The van der Waals surface area contributed by atoms with Gasteiger partial charge in [0.2, 0.25) is 10.0 Å². The third kappa shape index (κ3) is 4.56. The topological polar surface area (TPSA) is 127 Å². The highest BCUT2D eigenvalue weighted by molar-refractivity contribution is 7.89. The number of hydrogen-bond donors (Lipinski definition) is 3. The van der Waals surface area contributed by atoms with Gasteiger partial charge in [0, 0.05) is 42.2 Å². The van der Waals surface area contributed by atoms with Crippen LogP contribution in [-0.4, -0.2) is 83.8 Å². The lowest BCUT2D eigenvalue weighted by Gasteiger charge is -2.27. The highest BCUT2D eigenvalue weighted by atomic mass is 32.2. The Balaban J connectivity index is 0.000000858. The van der Waals surface area contributed by atoms with Gasteiger partial charge in [-0.3, -0.25) is 9.89 Å². The zero-order valence-electron chi connectivity index (χ0n) is 18.0. The van der Waals surface area contributed by atoms with Crippen LogP contribution in [0, 0.1) is 25.2 Å². The molecule has 0 amide bonds. The molecule has 2 aliphatic heterocycles. The summed E-state index contributed by atoms with van der Waals surface area (Å²) in [6, 6.07) is 3.67. The summed E-state index contributed by atoms with van der Waals surface area (Å²) in [7, 11) is -3.59. The highest BCUT2D eigenvalue weighted by Crippen LogP contribution is 2.45. The lowest BCUT2D eigenvalue weighted by Crippen LogP contribution is -2.39. The van der Waals surface area contributed by atoms with Gasteiger partial charge in [-0.05, 0) is 44.9 Å². The summed E-state index contributed by atoms with van der Waals surface area (Å²) in [5.41, 5.74) is 1.38. The smallest absolute Gasteiger partial charge is 0.290 e. The third-order valence-corrected chi connectivity index (χ3v) is 9.24. The minimum absolute atomic E-state index is 0.0321. The second-order valence-electron chi connectivity index (χ2n) is 8.32. The van der Waals surface area contributed by atoms with Crippen molar-refractivity contribution < 1.29 is 23.4 Å². The number of sulfonamides is 1. The summed E-state index contributed by atoms with van der Waals surface area (Å²) in [6.07, 6.45) is 1.07. The Morgan fingerprint density at radius 3 is 2.58 bits per heavy atom. The number of nitrogens with one attached hydrogen (secondary N) is 1. The molecule has 2 aromatic rings. The highest BCUT2D eigenvalue weighted by Gasteiger charge is 2.54.